The van der Waals surface area contributed by atoms with Crippen LogP contribution < -0.4 is 11.3 Å². The van der Waals surface area contributed by atoms with Crippen LogP contribution in [0.1, 0.15) is 48.4 Å². The van der Waals surface area contributed by atoms with Crippen LogP contribution >= 0.6 is 0 Å². The highest BCUT2D eigenvalue weighted by Crippen LogP contribution is 2.35. The predicted octanol–water partition coefficient (Wildman–Crippen LogP) is 3.70. The van der Waals surface area contributed by atoms with E-state index in [-0.39, 0.29) is 0 Å². The molecule has 110 valence electrons. The van der Waals surface area contributed by atoms with E-state index in [0.717, 1.165) is 17.1 Å². The van der Waals surface area contributed by atoms with Gasteiger partial charge in [0.2, 0.25) is 0 Å². The second-order valence-electron chi connectivity index (χ2n) is 5.89. The average molecular weight is 282 g/mol. The lowest BCUT2D eigenvalue weighted by Gasteiger charge is -2.14. The molecule has 0 amide bonds. The smallest absolute Gasteiger partial charge is 0.162 e. The average Bonchev–Trinajstić information content (AvgIpc) is 3.01. The topological polar surface area (TPSA) is 63.8 Å². The molecule has 4 heteroatoms. The molecule has 1 aromatic heterocycles. The molecule has 3 rings (SSSR count). The van der Waals surface area contributed by atoms with Crippen LogP contribution in [0, 0.1) is 13.8 Å². The highest BCUT2D eigenvalue weighted by atomic mass is 15.3. The van der Waals surface area contributed by atoms with Crippen molar-refractivity contribution in [2.24, 2.45) is 5.84 Å². The van der Waals surface area contributed by atoms with Crippen molar-refractivity contribution < 1.29 is 0 Å². The summed E-state index contributed by atoms with van der Waals surface area (Å²) < 4.78 is 0. The van der Waals surface area contributed by atoms with Crippen molar-refractivity contribution in [1.29, 1.82) is 0 Å². The van der Waals surface area contributed by atoms with Crippen LogP contribution in [-0.2, 0) is 0 Å². The van der Waals surface area contributed by atoms with Crippen molar-refractivity contribution >= 4 is 5.82 Å². The standard InChI is InChI=1S/C17H22N4/c1-11-6-5-7-12(2)16(11)17-19-14(10-15(20-17)21-18)13-8-3-4-9-13/h5-7,10,13H,3-4,8-9,18H2,1-2H3,(H,19,20,21). The maximum atomic E-state index is 5.60. The third-order valence-electron chi connectivity index (χ3n) is 4.37. The van der Waals surface area contributed by atoms with Crippen molar-refractivity contribution in [3.63, 3.8) is 0 Å². The number of benzene rings is 1. The van der Waals surface area contributed by atoms with E-state index in [0.29, 0.717) is 11.7 Å². The molecule has 0 atom stereocenters. The summed E-state index contributed by atoms with van der Waals surface area (Å²) in [5.74, 6) is 7.62. The maximum absolute atomic E-state index is 5.60. The molecule has 1 aliphatic rings. The first-order chi connectivity index (χ1) is 10.2. The fraction of sp³-hybridized carbons (Fsp3) is 0.412. The summed E-state index contributed by atoms with van der Waals surface area (Å²) >= 11 is 0. The molecule has 0 aliphatic heterocycles. The van der Waals surface area contributed by atoms with Crippen LogP contribution in [0.2, 0.25) is 0 Å². The van der Waals surface area contributed by atoms with Gasteiger partial charge in [-0.25, -0.2) is 15.8 Å². The Hall–Kier alpha value is -1.94. The summed E-state index contributed by atoms with van der Waals surface area (Å²) in [4.78, 5) is 9.42. The van der Waals surface area contributed by atoms with Crippen molar-refractivity contribution in [3.05, 3.63) is 41.1 Å². The predicted molar refractivity (Wildman–Crippen MR) is 86.0 cm³/mol. The second-order valence-corrected chi connectivity index (χ2v) is 5.89. The van der Waals surface area contributed by atoms with Crippen LogP contribution in [0.3, 0.4) is 0 Å². The minimum Gasteiger partial charge on any atom is -0.308 e. The summed E-state index contributed by atoms with van der Waals surface area (Å²) in [6.07, 6.45) is 5.01. The monoisotopic (exact) mass is 282 g/mol. The second kappa shape index (κ2) is 5.82. The van der Waals surface area contributed by atoms with Crippen LogP contribution in [0.15, 0.2) is 24.3 Å². The van der Waals surface area contributed by atoms with Crippen molar-refractivity contribution in [2.45, 2.75) is 45.4 Å². The van der Waals surface area contributed by atoms with E-state index in [9.17, 15) is 0 Å². The molecule has 3 N–H and O–H groups in total. The molecule has 1 aliphatic carbocycles. The van der Waals surface area contributed by atoms with Crippen LogP contribution in [-0.4, -0.2) is 9.97 Å². The highest BCUT2D eigenvalue weighted by Gasteiger charge is 2.21. The fourth-order valence-electron chi connectivity index (χ4n) is 3.25. The summed E-state index contributed by atoms with van der Waals surface area (Å²) in [7, 11) is 0. The number of nitrogen functional groups attached to an aromatic ring is 1. The van der Waals surface area contributed by atoms with Crippen LogP contribution in [0.4, 0.5) is 5.82 Å². The van der Waals surface area contributed by atoms with E-state index in [1.807, 2.05) is 6.07 Å². The zero-order valence-corrected chi connectivity index (χ0v) is 12.7. The molecule has 1 aromatic carbocycles. The minimum atomic E-state index is 0.545. The first kappa shape index (κ1) is 14.0. The summed E-state index contributed by atoms with van der Waals surface area (Å²) in [6, 6.07) is 8.26. The highest BCUT2D eigenvalue weighted by molar-refractivity contribution is 5.65. The van der Waals surface area contributed by atoms with Gasteiger partial charge in [0.05, 0.1) is 0 Å². The summed E-state index contributed by atoms with van der Waals surface area (Å²) in [5.41, 5.74) is 7.32. The Labute approximate surface area is 125 Å². The van der Waals surface area contributed by atoms with Gasteiger partial charge in [-0.2, -0.15) is 0 Å². The summed E-state index contributed by atoms with van der Waals surface area (Å²) in [6.45, 7) is 4.20. The lowest BCUT2D eigenvalue weighted by molar-refractivity contribution is 0.695. The minimum absolute atomic E-state index is 0.545. The molecule has 0 radical (unpaired) electrons. The molecule has 21 heavy (non-hydrogen) atoms. The van der Waals surface area contributed by atoms with Crippen molar-refractivity contribution in [3.8, 4) is 11.4 Å². The van der Waals surface area contributed by atoms with Gasteiger partial charge in [0.25, 0.3) is 0 Å². The van der Waals surface area contributed by atoms with Gasteiger partial charge in [-0.15, -0.1) is 0 Å². The number of rotatable bonds is 3. The number of hydrogen-bond acceptors (Lipinski definition) is 4. The number of aryl methyl sites for hydroxylation is 2. The maximum Gasteiger partial charge on any atom is 0.162 e. The van der Waals surface area contributed by atoms with Crippen molar-refractivity contribution in [1.82, 2.24) is 9.97 Å². The van der Waals surface area contributed by atoms with E-state index in [2.05, 4.69) is 42.5 Å². The van der Waals surface area contributed by atoms with Gasteiger partial charge in [0.1, 0.15) is 5.82 Å². The van der Waals surface area contributed by atoms with E-state index in [1.165, 1.54) is 36.8 Å². The molecule has 0 spiro atoms. The molecule has 1 saturated carbocycles. The first-order valence-electron chi connectivity index (χ1n) is 7.61. The molecule has 0 saturated heterocycles. The van der Waals surface area contributed by atoms with Gasteiger partial charge in [0, 0.05) is 23.2 Å². The zero-order valence-electron chi connectivity index (χ0n) is 12.7. The Morgan fingerprint density at radius 1 is 1.10 bits per heavy atom. The largest absolute Gasteiger partial charge is 0.308 e. The van der Waals surface area contributed by atoms with Crippen LogP contribution in [0.5, 0.6) is 0 Å². The molecule has 1 fully saturated rings. The number of nitrogens with two attached hydrogens (primary N) is 1. The number of hydrogen-bond donors (Lipinski definition) is 2. The van der Waals surface area contributed by atoms with E-state index in [1.54, 1.807) is 0 Å². The molecular formula is C17H22N4. The third kappa shape index (κ3) is 2.76. The lowest BCUT2D eigenvalue weighted by atomic mass is 10.0. The molecule has 0 unspecified atom stereocenters. The fourth-order valence-corrected chi connectivity index (χ4v) is 3.25. The molecule has 1 heterocycles. The SMILES string of the molecule is Cc1cccc(C)c1-c1nc(NN)cc(C2CCCC2)n1. The van der Waals surface area contributed by atoms with Crippen molar-refractivity contribution in [2.75, 3.05) is 5.43 Å². The normalized spacial score (nSPS) is 15.4. The lowest BCUT2D eigenvalue weighted by Crippen LogP contribution is -2.12. The Bertz CT molecular complexity index is 625. The van der Waals surface area contributed by atoms with E-state index < -0.39 is 0 Å². The Morgan fingerprint density at radius 2 is 1.76 bits per heavy atom. The number of nitrogens with zero attached hydrogens (tertiary/aromatic N) is 2. The van der Waals surface area contributed by atoms with Gasteiger partial charge >= 0.3 is 0 Å². The Balaban J connectivity index is 2.11. The third-order valence-corrected chi connectivity index (χ3v) is 4.37. The summed E-state index contributed by atoms with van der Waals surface area (Å²) in [5, 5.41) is 0. The van der Waals surface area contributed by atoms with E-state index in [4.69, 9.17) is 10.8 Å². The number of aromatic nitrogens is 2. The number of hydrazine groups is 1. The zero-order chi connectivity index (χ0) is 14.8. The molecular weight excluding hydrogens is 260 g/mol. The van der Waals surface area contributed by atoms with E-state index >= 15 is 0 Å². The van der Waals surface area contributed by atoms with Crippen LogP contribution in [0.25, 0.3) is 11.4 Å². The molecule has 4 nitrogen and oxygen atoms in total. The number of nitrogens with one attached hydrogen (secondary N) is 1. The van der Waals surface area contributed by atoms with Gasteiger partial charge < -0.3 is 5.43 Å². The first-order valence-corrected chi connectivity index (χ1v) is 7.61. The molecule has 2 aromatic rings. The number of anilines is 1. The van der Waals surface area contributed by atoms with Gasteiger partial charge in [0.15, 0.2) is 5.82 Å². The van der Waals surface area contributed by atoms with Gasteiger partial charge in [-0.05, 0) is 37.8 Å². The quantitative estimate of drug-likeness (QED) is 0.665. The Morgan fingerprint density at radius 3 is 2.38 bits per heavy atom. The molecule has 0 bridgehead atoms. The van der Waals surface area contributed by atoms with Gasteiger partial charge in [-0.3, -0.25) is 0 Å². The van der Waals surface area contributed by atoms with Gasteiger partial charge in [-0.1, -0.05) is 31.0 Å². The Kier molecular flexibility index (Phi) is 3.88.